The number of nitrogens with one attached hydrogen (secondary N) is 1. The molecule has 1 heterocycles. The Morgan fingerprint density at radius 2 is 2.32 bits per heavy atom. The molecule has 96 valence electrons. The number of aromatic nitrogens is 1. The zero-order valence-electron chi connectivity index (χ0n) is 10.7. The van der Waals surface area contributed by atoms with Crippen molar-refractivity contribution in [1.29, 1.82) is 0 Å². The topological polar surface area (TPSA) is 42.0 Å². The van der Waals surface area contributed by atoms with Crippen LogP contribution in [0.5, 0.6) is 0 Å². The van der Waals surface area contributed by atoms with Crippen molar-refractivity contribution in [2.45, 2.75) is 19.3 Å². The van der Waals surface area contributed by atoms with E-state index in [1.165, 1.54) is 0 Å². The summed E-state index contributed by atoms with van der Waals surface area (Å²) in [5.41, 5.74) is 0.867. The molecular formula is C16H16N2O. The lowest BCUT2D eigenvalue weighted by Crippen LogP contribution is -2.14. The van der Waals surface area contributed by atoms with Crippen LogP contribution in [0.15, 0.2) is 48.8 Å². The number of pyridine rings is 1. The quantitative estimate of drug-likeness (QED) is 0.849. The number of carbonyl (C=O) groups is 1. The molecule has 1 amide bonds. The van der Waals surface area contributed by atoms with Gasteiger partial charge in [0.1, 0.15) is 0 Å². The number of hydrogen-bond acceptors (Lipinski definition) is 2. The van der Waals surface area contributed by atoms with Crippen molar-refractivity contribution in [3.05, 3.63) is 48.8 Å². The average Bonchev–Trinajstić information content (AvgIpc) is 2.92. The van der Waals surface area contributed by atoms with Crippen LogP contribution in [-0.4, -0.2) is 10.9 Å². The van der Waals surface area contributed by atoms with Gasteiger partial charge >= 0.3 is 0 Å². The summed E-state index contributed by atoms with van der Waals surface area (Å²) in [7, 11) is 0. The summed E-state index contributed by atoms with van der Waals surface area (Å²) in [6, 6.07) is 7.80. The van der Waals surface area contributed by atoms with Gasteiger partial charge in [-0.15, -0.1) is 0 Å². The largest absolute Gasteiger partial charge is 0.325 e. The molecule has 1 atom stereocenters. The molecule has 0 spiro atoms. The first-order chi connectivity index (χ1) is 9.33. The van der Waals surface area contributed by atoms with Crippen molar-refractivity contribution in [3.63, 3.8) is 0 Å². The van der Waals surface area contributed by atoms with Crippen LogP contribution in [0.4, 0.5) is 5.69 Å². The number of hydrogen-bond donors (Lipinski definition) is 1. The highest BCUT2D eigenvalue weighted by molar-refractivity contribution is 6.01. The third-order valence-corrected chi connectivity index (χ3v) is 3.51. The van der Waals surface area contributed by atoms with Gasteiger partial charge in [-0.1, -0.05) is 24.3 Å². The van der Waals surface area contributed by atoms with Crippen molar-refractivity contribution in [1.82, 2.24) is 4.98 Å². The van der Waals surface area contributed by atoms with Gasteiger partial charge in [0.15, 0.2) is 0 Å². The summed E-state index contributed by atoms with van der Waals surface area (Å²) in [5.74, 6) is 0.484. The first-order valence-electron chi connectivity index (χ1n) is 6.62. The van der Waals surface area contributed by atoms with Crippen LogP contribution < -0.4 is 5.32 Å². The van der Waals surface area contributed by atoms with E-state index in [9.17, 15) is 4.79 Å². The molecule has 0 fully saturated rings. The molecule has 0 saturated carbocycles. The molecule has 3 nitrogen and oxygen atoms in total. The summed E-state index contributed by atoms with van der Waals surface area (Å²) in [5, 5.41) is 5.09. The zero-order chi connectivity index (χ0) is 13.1. The number of nitrogens with zero attached hydrogens (tertiary/aromatic N) is 1. The van der Waals surface area contributed by atoms with E-state index in [1.54, 1.807) is 6.20 Å². The van der Waals surface area contributed by atoms with Crippen LogP contribution in [0.2, 0.25) is 0 Å². The molecule has 0 bridgehead atoms. The summed E-state index contributed by atoms with van der Waals surface area (Å²) < 4.78 is 0. The smallest absolute Gasteiger partial charge is 0.224 e. The van der Waals surface area contributed by atoms with Crippen LogP contribution in [-0.2, 0) is 4.79 Å². The van der Waals surface area contributed by atoms with Gasteiger partial charge < -0.3 is 5.32 Å². The lowest BCUT2D eigenvalue weighted by Gasteiger charge is -2.10. The SMILES string of the molecule is O=C(C[C@@H]1C=CCC1)Nc1cccc2cnccc12. The van der Waals surface area contributed by atoms with Crippen molar-refractivity contribution < 1.29 is 4.79 Å². The van der Waals surface area contributed by atoms with Crippen molar-refractivity contribution in [2.24, 2.45) is 5.92 Å². The predicted octanol–water partition coefficient (Wildman–Crippen LogP) is 3.53. The summed E-state index contributed by atoms with van der Waals surface area (Å²) in [4.78, 5) is 16.1. The zero-order valence-corrected chi connectivity index (χ0v) is 10.7. The molecule has 0 saturated heterocycles. The Hall–Kier alpha value is -2.16. The predicted molar refractivity (Wildman–Crippen MR) is 76.9 cm³/mol. The van der Waals surface area contributed by atoms with E-state index < -0.39 is 0 Å². The molecule has 0 aliphatic heterocycles. The van der Waals surface area contributed by atoms with Crippen molar-refractivity contribution in [3.8, 4) is 0 Å². The number of benzene rings is 1. The first kappa shape index (κ1) is 11.9. The molecular weight excluding hydrogens is 236 g/mol. The summed E-state index contributed by atoms with van der Waals surface area (Å²) in [6.45, 7) is 0. The van der Waals surface area contributed by atoms with Crippen LogP contribution >= 0.6 is 0 Å². The van der Waals surface area contributed by atoms with E-state index in [-0.39, 0.29) is 5.91 Å². The monoisotopic (exact) mass is 252 g/mol. The number of fused-ring (bicyclic) bond motifs is 1. The van der Waals surface area contributed by atoms with Gasteiger partial charge in [-0.05, 0) is 30.9 Å². The molecule has 1 aliphatic rings. The Labute approximate surface area is 112 Å². The van der Waals surface area contributed by atoms with Gasteiger partial charge in [0.05, 0.1) is 0 Å². The highest BCUT2D eigenvalue weighted by Crippen LogP contribution is 2.24. The van der Waals surface area contributed by atoms with Gasteiger partial charge in [-0.3, -0.25) is 9.78 Å². The molecule has 1 aliphatic carbocycles. The van der Waals surface area contributed by atoms with E-state index in [1.807, 2.05) is 30.5 Å². The van der Waals surface area contributed by atoms with E-state index in [0.717, 1.165) is 29.3 Å². The fourth-order valence-corrected chi connectivity index (χ4v) is 2.54. The molecule has 3 heteroatoms. The minimum Gasteiger partial charge on any atom is -0.325 e. The number of anilines is 1. The normalized spacial score (nSPS) is 17.8. The van der Waals surface area contributed by atoms with E-state index in [2.05, 4.69) is 22.5 Å². The summed E-state index contributed by atoms with van der Waals surface area (Å²) >= 11 is 0. The molecule has 1 aromatic heterocycles. The Morgan fingerprint density at radius 1 is 1.37 bits per heavy atom. The van der Waals surface area contributed by atoms with Crippen molar-refractivity contribution in [2.75, 3.05) is 5.32 Å². The molecule has 2 aromatic rings. The van der Waals surface area contributed by atoms with Gasteiger partial charge in [0.25, 0.3) is 0 Å². The molecule has 0 radical (unpaired) electrons. The molecule has 0 unspecified atom stereocenters. The first-order valence-corrected chi connectivity index (χ1v) is 6.62. The minimum absolute atomic E-state index is 0.0841. The van der Waals surface area contributed by atoms with E-state index in [0.29, 0.717) is 12.3 Å². The Bertz CT molecular complexity index is 628. The minimum atomic E-state index is 0.0841. The second-order valence-electron chi connectivity index (χ2n) is 4.92. The van der Waals surface area contributed by atoms with Crippen LogP contribution in [0.1, 0.15) is 19.3 Å². The lowest BCUT2D eigenvalue weighted by molar-refractivity contribution is -0.116. The van der Waals surface area contributed by atoms with Crippen LogP contribution in [0.3, 0.4) is 0 Å². The van der Waals surface area contributed by atoms with Crippen LogP contribution in [0, 0.1) is 5.92 Å². The fraction of sp³-hybridized carbons (Fsp3) is 0.250. The standard InChI is InChI=1S/C16H16N2O/c19-16(10-12-4-1-2-5-12)18-15-7-3-6-13-11-17-9-8-14(13)15/h1,3-4,6-9,11-12H,2,5,10H2,(H,18,19)/t12-/m1/s1. The number of amides is 1. The third-order valence-electron chi connectivity index (χ3n) is 3.51. The maximum Gasteiger partial charge on any atom is 0.224 e. The Morgan fingerprint density at radius 3 is 3.16 bits per heavy atom. The number of allylic oxidation sites excluding steroid dienone is 2. The van der Waals surface area contributed by atoms with Gasteiger partial charge in [-0.25, -0.2) is 0 Å². The molecule has 3 rings (SSSR count). The maximum atomic E-state index is 12.1. The van der Waals surface area contributed by atoms with Gasteiger partial charge in [0, 0.05) is 35.3 Å². The molecule has 19 heavy (non-hydrogen) atoms. The third kappa shape index (κ3) is 2.65. The molecule has 1 N–H and O–H groups in total. The Balaban J connectivity index is 1.77. The second-order valence-corrected chi connectivity index (χ2v) is 4.92. The number of carbonyl (C=O) groups excluding carboxylic acids is 1. The lowest BCUT2D eigenvalue weighted by atomic mass is 10.0. The summed E-state index contributed by atoms with van der Waals surface area (Å²) in [6.07, 6.45) is 10.6. The fourth-order valence-electron chi connectivity index (χ4n) is 2.54. The highest BCUT2D eigenvalue weighted by Gasteiger charge is 2.14. The maximum absolute atomic E-state index is 12.1. The average molecular weight is 252 g/mol. The van der Waals surface area contributed by atoms with Gasteiger partial charge in [0.2, 0.25) is 5.91 Å². The van der Waals surface area contributed by atoms with Gasteiger partial charge in [-0.2, -0.15) is 0 Å². The Kier molecular flexibility index (Phi) is 3.27. The molecule has 1 aromatic carbocycles. The van der Waals surface area contributed by atoms with E-state index in [4.69, 9.17) is 0 Å². The van der Waals surface area contributed by atoms with Crippen LogP contribution in [0.25, 0.3) is 10.8 Å². The second kappa shape index (κ2) is 5.22. The number of rotatable bonds is 3. The van der Waals surface area contributed by atoms with Crippen molar-refractivity contribution >= 4 is 22.4 Å². The highest BCUT2D eigenvalue weighted by atomic mass is 16.1. The van der Waals surface area contributed by atoms with E-state index >= 15 is 0 Å².